The van der Waals surface area contributed by atoms with Crippen molar-refractivity contribution in [1.29, 1.82) is 5.26 Å². The van der Waals surface area contributed by atoms with Crippen LogP contribution in [0.25, 0.3) is 0 Å². The van der Waals surface area contributed by atoms with E-state index in [4.69, 9.17) is 0 Å². The van der Waals surface area contributed by atoms with Gasteiger partial charge >= 0.3 is 0 Å². The van der Waals surface area contributed by atoms with E-state index in [0.717, 1.165) is 23.4 Å². The molecular weight excluding hydrogens is 234 g/mol. The summed E-state index contributed by atoms with van der Waals surface area (Å²) < 4.78 is 0. The van der Waals surface area contributed by atoms with Gasteiger partial charge in [0.25, 0.3) is 0 Å². The van der Waals surface area contributed by atoms with Gasteiger partial charge in [-0.2, -0.15) is 5.26 Å². The summed E-state index contributed by atoms with van der Waals surface area (Å²) in [7, 11) is 2.02. The molecule has 0 heterocycles. The van der Waals surface area contributed by atoms with Crippen LogP contribution < -0.4 is 10.2 Å². The number of hydrogen-bond acceptors (Lipinski definition) is 3. The Morgan fingerprint density at radius 2 is 1.95 bits per heavy atom. The Kier molecular flexibility index (Phi) is 4.97. The Balaban J connectivity index is 2.94. The lowest BCUT2D eigenvalue weighted by atomic mass is 10.1. The van der Waals surface area contributed by atoms with Crippen molar-refractivity contribution in [2.24, 2.45) is 0 Å². The van der Waals surface area contributed by atoms with E-state index < -0.39 is 0 Å². The Morgan fingerprint density at radius 1 is 1.32 bits per heavy atom. The zero-order chi connectivity index (χ0) is 14.6. The Morgan fingerprint density at radius 3 is 2.42 bits per heavy atom. The second kappa shape index (κ2) is 6.08. The predicted molar refractivity (Wildman–Crippen MR) is 81.3 cm³/mol. The van der Waals surface area contributed by atoms with Crippen LogP contribution in [0.3, 0.4) is 0 Å². The molecule has 0 aliphatic carbocycles. The van der Waals surface area contributed by atoms with Crippen LogP contribution in [0.1, 0.15) is 45.7 Å². The van der Waals surface area contributed by atoms with Crippen molar-refractivity contribution in [1.82, 2.24) is 5.32 Å². The van der Waals surface area contributed by atoms with Gasteiger partial charge in [-0.3, -0.25) is 0 Å². The summed E-state index contributed by atoms with van der Waals surface area (Å²) in [6.45, 7) is 11.4. The van der Waals surface area contributed by atoms with Gasteiger partial charge in [0, 0.05) is 25.2 Å². The predicted octanol–water partition coefficient (Wildman–Crippen LogP) is 3.29. The molecule has 1 aromatic rings. The molecule has 19 heavy (non-hydrogen) atoms. The van der Waals surface area contributed by atoms with Crippen LogP contribution in [0.5, 0.6) is 0 Å². The fourth-order valence-corrected chi connectivity index (χ4v) is 1.74. The average molecular weight is 259 g/mol. The van der Waals surface area contributed by atoms with E-state index in [9.17, 15) is 5.26 Å². The van der Waals surface area contributed by atoms with Crippen molar-refractivity contribution in [3.63, 3.8) is 0 Å². The molecule has 0 aliphatic rings. The summed E-state index contributed by atoms with van der Waals surface area (Å²) in [4.78, 5) is 2.12. The molecule has 0 unspecified atom stereocenters. The summed E-state index contributed by atoms with van der Waals surface area (Å²) in [6.07, 6.45) is 0. The molecule has 0 bridgehead atoms. The number of nitriles is 1. The highest BCUT2D eigenvalue weighted by Gasteiger charge is 2.12. The van der Waals surface area contributed by atoms with Gasteiger partial charge in [-0.25, -0.2) is 0 Å². The molecule has 0 aliphatic heterocycles. The second-order valence-corrected chi connectivity index (χ2v) is 6.27. The van der Waals surface area contributed by atoms with Gasteiger partial charge in [-0.1, -0.05) is 6.07 Å². The van der Waals surface area contributed by atoms with Crippen LogP contribution in [0.4, 0.5) is 5.69 Å². The van der Waals surface area contributed by atoms with Gasteiger partial charge in [-0.05, 0) is 52.3 Å². The van der Waals surface area contributed by atoms with Gasteiger partial charge < -0.3 is 10.2 Å². The molecule has 0 spiro atoms. The minimum atomic E-state index is 0.0835. The molecule has 0 aromatic heterocycles. The first-order valence-corrected chi connectivity index (χ1v) is 6.75. The maximum atomic E-state index is 9.30. The van der Waals surface area contributed by atoms with E-state index >= 15 is 0 Å². The number of benzene rings is 1. The van der Waals surface area contributed by atoms with Crippen molar-refractivity contribution in [2.75, 3.05) is 11.9 Å². The third-order valence-electron chi connectivity index (χ3n) is 3.16. The zero-order valence-corrected chi connectivity index (χ0v) is 12.9. The number of nitrogens with one attached hydrogen (secondary N) is 1. The second-order valence-electron chi connectivity index (χ2n) is 6.27. The van der Waals surface area contributed by atoms with Crippen LogP contribution >= 0.6 is 0 Å². The van der Waals surface area contributed by atoms with Gasteiger partial charge in [0.1, 0.15) is 6.07 Å². The van der Waals surface area contributed by atoms with Crippen LogP contribution in [0.15, 0.2) is 18.2 Å². The summed E-state index contributed by atoms with van der Waals surface area (Å²) in [6, 6.07) is 8.79. The highest BCUT2D eigenvalue weighted by molar-refractivity contribution is 5.60. The first kappa shape index (κ1) is 15.5. The Bertz CT molecular complexity index is 464. The molecule has 0 saturated carbocycles. The fraction of sp³-hybridized carbons (Fsp3) is 0.562. The minimum absolute atomic E-state index is 0.0835. The lowest BCUT2D eigenvalue weighted by molar-refractivity contribution is 0.424. The molecule has 1 N–H and O–H groups in total. The third kappa shape index (κ3) is 4.57. The maximum absolute atomic E-state index is 9.30. The first-order valence-electron chi connectivity index (χ1n) is 6.75. The van der Waals surface area contributed by atoms with Gasteiger partial charge in [0.05, 0.1) is 11.3 Å². The molecule has 1 rings (SSSR count). The van der Waals surface area contributed by atoms with Gasteiger partial charge in [0.2, 0.25) is 0 Å². The highest BCUT2D eigenvalue weighted by atomic mass is 15.1. The van der Waals surface area contributed by atoms with Crippen molar-refractivity contribution in [2.45, 2.75) is 52.7 Å². The van der Waals surface area contributed by atoms with Crippen molar-refractivity contribution in [3.05, 3.63) is 29.3 Å². The van der Waals surface area contributed by atoms with Crippen LogP contribution in [0.2, 0.25) is 0 Å². The van der Waals surface area contributed by atoms with E-state index in [0.29, 0.717) is 6.04 Å². The van der Waals surface area contributed by atoms with E-state index in [1.54, 1.807) is 0 Å². The lowest BCUT2D eigenvalue weighted by Crippen LogP contribution is -2.35. The molecule has 0 fully saturated rings. The Hall–Kier alpha value is -1.53. The lowest BCUT2D eigenvalue weighted by Gasteiger charge is -2.25. The quantitative estimate of drug-likeness (QED) is 0.902. The normalized spacial score (nSPS) is 11.5. The molecular formula is C16H25N3. The van der Waals surface area contributed by atoms with Crippen molar-refractivity contribution in [3.8, 4) is 6.07 Å². The van der Waals surface area contributed by atoms with E-state index in [2.05, 4.69) is 57.0 Å². The van der Waals surface area contributed by atoms with Crippen LogP contribution in [0, 0.1) is 11.3 Å². The number of hydrogen-bond donors (Lipinski definition) is 1. The number of anilines is 1. The summed E-state index contributed by atoms with van der Waals surface area (Å²) >= 11 is 0. The molecule has 3 heteroatoms. The summed E-state index contributed by atoms with van der Waals surface area (Å²) in [5, 5.41) is 12.7. The maximum Gasteiger partial charge on any atom is 0.101 e. The van der Waals surface area contributed by atoms with E-state index in [-0.39, 0.29) is 5.54 Å². The summed E-state index contributed by atoms with van der Waals surface area (Å²) in [5.41, 5.74) is 2.97. The number of rotatable bonds is 4. The smallest absolute Gasteiger partial charge is 0.101 e. The molecule has 3 nitrogen and oxygen atoms in total. The monoisotopic (exact) mass is 259 g/mol. The van der Waals surface area contributed by atoms with E-state index in [1.807, 2.05) is 19.2 Å². The minimum Gasteiger partial charge on any atom is -0.371 e. The van der Waals surface area contributed by atoms with Crippen molar-refractivity contribution >= 4 is 5.69 Å². The molecule has 0 saturated heterocycles. The SMILES string of the molecule is CC(C)N(C)c1ccc(CNC(C)(C)C)cc1C#N. The van der Waals surface area contributed by atoms with Gasteiger partial charge in [-0.15, -0.1) is 0 Å². The highest BCUT2D eigenvalue weighted by Crippen LogP contribution is 2.22. The zero-order valence-electron chi connectivity index (χ0n) is 12.9. The summed E-state index contributed by atoms with van der Waals surface area (Å²) in [5.74, 6) is 0. The molecule has 0 radical (unpaired) electrons. The molecule has 0 amide bonds. The standard InChI is InChI=1S/C16H25N3/c1-12(2)19(6)15-8-7-13(9-14(15)10-17)11-18-16(3,4)5/h7-9,12,18H,11H2,1-6H3. The Labute approximate surface area is 117 Å². The molecule has 0 atom stereocenters. The van der Waals surface area contributed by atoms with E-state index in [1.165, 1.54) is 0 Å². The van der Waals surface area contributed by atoms with Gasteiger partial charge in [0.15, 0.2) is 0 Å². The fourth-order valence-electron chi connectivity index (χ4n) is 1.74. The molecule has 104 valence electrons. The topological polar surface area (TPSA) is 39.1 Å². The third-order valence-corrected chi connectivity index (χ3v) is 3.16. The molecule has 1 aromatic carbocycles. The van der Waals surface area contributed by atoms with Crippen LogP contribution in [-0.2, 0) is 6.54 Å². The largest absolute Gasteiger partial charge is 0.371 e. The van der Waals surface area contributed by atoms with Crippen molar-refractivity contribution < 1.29 is 0 Å². The number of nitrogens with zero attached hydrogens (tertiary/aromatic N) is 2. The average Bonchev–Trinajstić information content (AvgIpc) is 2.34. The van der Waals surface area contributed by atoms with Crippen LogP contribution in [-0.4, -0.2) is 18.6 Å². The first-order chi connectivity index (χ1) is 8.74.